The van der Waals surface area contributed by atoms with Gasteiger partial charge in [-0.25, -0.2) is 4.98 Å². The van der Waals surface area contributed by atoms with E-state index in [9.17, 15) is 4.79 Å². The summed E-state index contributed by atoms with van der Waals surface area (Å²) in [6.07, 6.45) is 11.7. The summed E-state index contributed by atoms with van der Waals surface area (Å²) in [6, 6.07) is 5.55. The number of aromatic nitrogens is 2. The quantitative estimate of drug-likeness (QED) is 0.449. The Morgan fingerprint density at radius 3 is 2.67 bits per heavy atom. The number of piperazine rings is 1. The number of benzene rings is 1. The van der Waals surface area contributed by atoms with Gasteiger partial charge in [0.2, 0.25) is 5.91 Å². The molecule has 194 valence electrons. The van der Waals surface area contributed by atoms with Gasteiger partial charge in [0, 0.05) is 51.4 Å². The Morgan fingerprint density at radius 2 is 2.03 bits per heavy atom. The second-order valence-corrected chi connectivity index (χ2v) is 9.46. The van der Waals surface area contributed by atoms with Gasteiger partial charge in [-0.2, -0.15) is 0 Å². The van der Waals surface area contributed by atoms with E-state index in [2.05, 4.69) is 45.9 Å². The zero-order valence-electron chi connectivity index (χ0n) is 21.4. The SMILES string of the molecule is C=C(c1cc(Cl)ccc1C(C/C=C\C=C/N)N1CCN(C)CC1)C(NC(=O)COC)c1cncn1C. The van der Waals surface area contributed by atoms with Crippen LogP contribution in [-0.4, -0.2) is 72.2 Å². The molecular formula is C27H37ClN6O2. The zero-order valence-corrected chi connectivity index (χ0v) is 22.1. The molecule has 9 heteroatoms. The first-order valence-electron chi connectivity index (χ1n) is 12.0. The third kappa shape index (κ3) is 7.07. The maximum atomic E-state index is 12.6. The standard InChI is InChI=1S/C27H37ClN6O2/c1-20(27(31-26(35)18-36-4)25-17-30-19-33(25)3)23-16-21(28)9-10-22(23)24(8-6-5-7-11-29)34-14-12-32(2)13-15-34/h5-7,9-11,16-17,19,24,27H,1,8,12-15,18,29H2,2-4H3,(H,31,35)/b6-5-,11-7-. The molecule has 1 aliphatic rings. The lowest BCUT2D eigenvalue weighted by molar-refractivity contribution is -0.125. The van der Waals surface area contributed by atoms with Gasteiger partial charge in [-0.3, -0.25) is 9.69 Å². The number of ether oxygens (including phenoxy) is 1. The summed E-state index contributed by atoms with van der Waals surface area (Å²) in [4.78, 5) is 21.7. The summed E-state index contributed by atoms with van der Waals surface area (Å²) in [5, 5.41) is 3.68. The van der Waals surface area contributed by atoms with E-state index in [1.54, 1.807) is 12.5 Å². The molecule has 2 heterocycles. The molecule has 2 atom stereocenters. The average molecular weight is 513 g/mol. The number of halogens is 1. The first kappa shape index (κ1) is 27.7. The van der Waals surface area contributed by atoms with Gasteiger partial charge in [0.15, 0.2) is 0 Å². The van der Waals surface area contributed by atoms with E-state index < -0.39 is 6.04 Å². The number of amides is 1. The van der Waals surface area contributed by atoms with E-state index in [4.69, 9.17) is 22.1 Å². The number of imidazole rings is 1. The third-order valence-corrected chi connectivity index (χ3v) is 6.73. The summed E-state index contributed by atoms with van der Waals surface area (Å²) in [6.45, 7) is 8.31. The molecule has 1 aliphatic heterocycles. The zero-order chi connectivity index (χ0) is 26.1. The number of carbonyl (C=O) groups is 1. The predicted octanol–water partition coefficient (Wildman–Crippen LogP) is 3.30. The average Bonchev–Trinajstić information content (AvgIpc) is 3.29. The second kappa shape index (κ2) is 13.4. The van der Waals surface area contributed by atoms with Gasteiger partial charge in [-0.1, -0.05) is 36.4 Å². The van der Waals surface area contributed by atoms with Crippen molar-refractivity contribution in [2.75, 3.05) is 46.9 Å². The van der Waals surface area contributed by atoms with Crippen molar-refractivity contribution in [1.82, 2.24) is 24.7 Å². The number of methoxy groups -OCH3 is 1. The Labute approximate surface area is 219 Å². The van der Waals surface area contributed by atoms with E-state index in [1.165, 1.54) is 13.3 Å². The fourth-order valence-electron chi connectivity index (χ4n) is 4.53. The second-order valence-electron chi connectivity index (χ2n) is 9.02. The number of hydrogen-bond donors (Lipinski definition) is 2. The van der Waals surface area contributed by atoms with Crippen LogP contribution in [0.2, 0.25) is 5.02 Å². The van der Waals surface area contributed by atoms with Crippen LogP contribution in [-0.2, 0) is 16.6 Å². The molecule has 0 bridgehead atoms. The topological polar surface area (TPSA) is 88.7 Å². The minimum absolute atomic E-state index is 0.0482. The molecule has 2 unspecified atom stereocenters. The number of allylic oxidation sites excluding steroid dienone is 2. The van der Waals surface area contributed by atoms with Gasteiger partial charge in [-0.05, 0) is 54.6 Å². The Hall–Kier alpha value is -2.91. The number of nitrogens with zero attached hydrogens (tertiary/aromatic N) is 4. The van der Waals surface area contributed by atoms with Crippen LogP contribution in [0.1, 0.15) is 35.3 Å². The molecule has 0 spiro atoms. The summed E-state index contributed by atoms with van der Waals surface area (Å²) in [5.41, 5.74) is 9.11. The van der Waals surface area contributed by atoms with E-state index >= 15 is 0 Å². The molecule has 8 nitrogen and oxygen atoms in total. The number of nitrogens with two attached hydrogens (primary N) is 1. The largest absolute Gasteiger partial charge is 0.405 e. The molecule has 0 aliphatic carbocycles. The Bertz CT molecular complexity index is 1090. The van der Waals surface area contributed by atoms with Crippen LogP contribution in [0.5, 0.6) is 0 Å². The van der Waals surface area contributed by atoms with Crippen molar-refractivity contribution in [1.29, 1.82) is 0 Å². The summed E-state index contributed by atoms with van der Waals surface area (Å²) in [7, 11) is 5.54. The van der Waals surface area contributed by atoms with Gasteiger partial charge < -0.3 is 25.3 Å². The molecule has 3 rings (SSSR count). The minimum atomic E-state index is -0.499. The number of rotatable bonds is 11. The summed E-state index contributed by atoms with van der Waals surface area (Å²) in [5.74, 6) is -0.236. The van der Waals surface area contributed by atoms with Crippen molar-refractivity contribution >= 4 is 23.1 Å². The highest BCUT2D eigenvalue weighted by Gasteiger charge is 2.29. The highest BCUT2D eigenvalue weighted by molar-refractivity contribution is 6.30. The lowest BCUT2D eigenvalue weighted by Gasteiger charge is -2.39. The van der Waals surface area contributed by atoms with Gasteiger partial charge in [0.05, 0.1) is 24.3 Å². The molecule has 1 fully saturated rings. The van der Waals surface area contributed by atoms with Gasteiger partial charge in [0.25, 0.3) is 0 Å². The molecule has 2 aromatic rings. The van der Waals surface area contributed by atoms with Crippen LogP contribution in [0.4, 0.5) is 0 Å². The van der Waals surface area contributed by atoms with Crippen molar-refractivity contribution in [3.05, 3.63) is 83.6 Å². The number of carbonyl (C=O) groups excluding carboxylic acids is 1. The molecule has 3 N–H and O–H groups in total. The first-order chi connectivity index (χ1) is 17.3. The summed E-state index contributed by atoms with van der Waals surface area (Å²) >= 11 is 6.51. The Morgan fingerprint density at radius 1 is 1.28 bits per heavy atom. The first-order valence-corrected chi connectivity index (χ1v) is 12.4. The van der Waals surface area contributed by atoms with Gasteiger partial charge >= 0.3 is 0 Å². The molecular weight excluding hydrogens is 476 g/mol. The Kier molecular flexibility index (Phi) is 10.3. The van der Waals surface area contributed by atoms with Crippen LogP contribution in [0.3, 0.4) is 0 Å². The number of aryl methyl sites for hydroxylation is 1. The molecule has 1 aromatic heterocycles. The fraction of sp³-hybridized carbons (Fsp3) is 0.407. The highest BCUT2D eigenvalue weighted by atomic mass is 35.5. The normalized spacial score (nSPS) is 17.0. The van der Waals surface area contributed by atoms with Gasteiger partial charge in [0.1, 0.15) is 6.61 Å². The van der Waals surface area contributed by atoms with Gasteiger partial charge in [-0.15, -0.1) is 0 Å². The van der Waals surface area contributed by atoms with Crippen molar-refractivity contribution in [2.24, 2.45) is 12.8 Å². The number of hydrogen-bond acceptors (Lipinski definition) is 6. The molecule has 0 radical (unpaired) electrons. The minimum Gasteiger partial charge on any atom is -0.405 e. The van der Waals surface area contributed by atoms with E-state index in [0.29, 0.717) is 5.02 Å². The third-order valence-electron chi connectivity index (χ3n) is 6.50. The van der Waals surface area contributed by atoms with Crippen molar-refractivity contribution in [3.63, 3.8) is 0 Å². The lowest BCUT2D eigenvalue weighted by Crippen LogP contribution is -2.46. The van der Waals surface area contributed by atoms with E-state index in [1.807, 2.05) is 35.9 Å². The van der Waals surface area contributed by atoms with Crippen molar-refractivity contribution < 1.29 is 9.53 Å². The Balaban J connectivity index is 2.04. The fourth-order valence-corrected chi connectivity index (χ4v) is 4.70. The maximum absolute atomic E-state index is 12.6. The number of likely N-dealkylation sites (N-methyl/N-ethyl adjacent to an activating group) is 1. The van der Waals surface area contributed by atoms with Crippen LogP contribution in [0.15, 0.2) is 61.7 Å². The molecule has 1 saturated heterocycles. The summed E-state index contributed by atoms with van der Waals surface area (Å²) < 4.78 is 6.93. The van der Waals surface area contributed by atoms with Crippen LogP contribution >= 0.6 is 11.6 Å². The van der Waals surface area contributed by atoms with E-state index in [-0.39, 0.29) is 18.6 Å². The molecule has 1 aromatic carbocycles. The van der Waals surface area contributed by atoms with Crippen LogP contribution in [0, 0.1) is 0 Å². The smallest absolute Gasteiger partial charge is 0.246 e. The van der Waals surface area contributed by atoms with Crippen LogP contribution < -0.4 is 11.1 Å². The maximum Gasteiger partial charge on any atom is 0.246 e. The molecule has 36 heavy (non-hydrogen) atoms. The highest BCUT2D eigenvalue weighted by Crippen LogP contribution is 2.38. The van der Waals surface area contributed by atoms with Crippen LogP contribution in [0.25, 0.3) is 5.57 Å². The monoisotopic (exact) mass is 512 g/mol. The van der Waals surface area contributed by atoms with Crippen molar-refractivity contribution in [3.8, 4) is 0 Å². The van der Waals surface area contributed by atoms with E-state index in [0.717, 1.165) is 55.0 Å². The van der Waals surface area contributed by atoms with Crippen molar-refractivity contribution in [2.45, 2.75) is 18.5 Å². The molecule has 0 saturated carbocycles. The number of nitrogens with one attached hydrogen (secondary N) is 1. The predicted molar refractivity (Wildman–Crippen MR) is 145 cm³/mol. The lowest BCUT2D eigenvalue weighted by atomic mass is 9.88. The molecule has 1 amide bonds.